The summed E-state index contributed by atoms with van der Waals surface area (Å²) < 4.78 is 45.7. The molecule has 1 aromatic heterocycles. The Bertz CT molecular complexity index is 1330. The molecule has 3 aromatic rings. The van der Waals surface area contributed by atoms with Gasteiger partial charge in [0.2, 0.25) is 0 Å². The van der Waals surface area contributed by atoms with E-state index in [4.69, 9.17) is 17.0 Å². The van der Waals surface area contributed by atoms with E-state index in [-0.39, 0.29) is 16.9 Å². The molecule has 184 valence electrons. The quantitative estimate of drug-likeness (QED) is 0.327. The number of hydrogen-bond donors (Lipinski definition) is 1. The number of aromatic amines is 1. The molecule has 1 N–H and O–H groups in total. The molecular formula is C26H25F3N2O3S. The van der Waals surface area contributed by atoms with E-state index >= 15 is 0 Å². The monoisotopic (exact) mass is 502 g/mol. The van der Waals surface area contributed by atoms with Gasteiger partial charge in [-0.3, -0.25) is 9.78 Å². The van der Waals surface area contributed by atoms with Crippen LogP contribution in [-0.2, 0) is 35.0 Å². The van der Waals surface area contributed by atoms with Crippen LogP contribution in [0.15, 0.2) is 53.3 Å². The van der Waals surface area contributed by atoms with Gasteiger partial charge in [0.15, 0.2) is 4.77 Å². The number of aromatic nitrogens is 2. The van der Waals surface area contributed by atoms with Crippen LogP contribution in [0.3, 0.4) is 0 Å². The second-order valence-corrected chi connectivity index (χ2v) is 8.87. The van der Waals surface area contributed by atoms with Gasteiger partial charge in [-0.15, -0.1) is 0 Å². The molecule has 0 saturated carbocycles. The zero-order valence-electron chi connectivity index (χ0n) is 19.2. The van der Waals surface area contributed by atoms with Gasteiger partial charge in [-0.2, -0.15) is 13.2 Å². The van der Waals surface area contributed by atoms with E-state index in [1.807, 2.05) is 24.3 Å². The Hall–Kier alpha value is -3.20. The van der Waals surface area contributed by atoms with E-state index in [0.717, 1.165) is 35.4 Å². The molecule has 0 amide bonds. The van der Waals surface area contributed by atoms with Gasteiger partial charge >= 0.3 is 12.1 Å². The highest BCUT2D eigenvalue weighted by molar-refractivity contribution is 7.71. The maximum absolute atomic E-state index is 12.9. The smallest absolute Gasteiger partial charge is 0.416 e. The average Bonchev–Trinajstić information content (AvgIpc) is 3.31. The number of esters is 1. The molecule has 5 nitrogen and oxygen atoms in total. The maximum atomic E-state index is 12.9. The standard InChI is InChI=1S/C26H25F3N2O3S/c1-2-34-24(33)22(31-21-5-3-4-20(21)23(32)30-25(31)35)15-8-16-6-9-17(10-7-16)18-11-13-19(14-12-18)26(27,28)29/h6-7,9-14,22H,2-5,8,15H2,1H3,(H,30,32,35). The number of nitrogens with zero attached hydrogens (tertiary/aromatic N) is 1. The molecule has 1 heterocycles. The Labute approximate surface area is 205 Å². The number of hydrogen-bond acceptors (Lipinski definition) is 4. The molecule has 9 heteroatoms. The van der Waals surface area contributed by atoms with Gasteiger partial charge in [-0.05, 0) is 80.1 Å². The van der Waals surface area contributed by atoms with Crippen molar-refractivity contribution in [3.63, 3.8) is 0 Å². The van der Waals surface area contributed by atoms with Gasteiger partial charge in [0.25, 0.3) is 5.56 Å². The fourth-order valence-corrected chi connectivity index (χ4v) is 4.86. The van der Waals surface area contributed by atoms with Gasteiger partial charge < -0.3 is 9.30 Å². The molecule has 1 aliphatic carbocycles. The molecule has 1 aliphatic rings. The summed E-state index contributed by atoms with van der Waals surface area (Å²) in [6.45, 7) is 1.97. The number of aryl methyl sites for hydroxylation is 1. The highest BCUT2D eigenvalue weighted by Gasteiger charge is 2.30. The fraction of sp³-hybridized carbons (Fsp3) is 0.346. The summed E-state index contributed by atoms with van der Waals surface area (Å²) in [5.41, 5.74) is 3.04. The number of carbonyl (C=O) groups excluding carboxylic acids is 1. The van der Waals surface area contributed by atoms with Gasteiger partial charge in [0, 0.05) is 11.3 Å². The molecule has 0 bridgehead atoms. The Morgan fingerprint density at radius 2 is 1.71 bits per heavy atom. The number of rotatable bonds is 7. The number of H-pyrrole nitrogens is 1. The summed E-state index contributed by atoms with van der Waals surface area (Å²) in [5, 5.41) is 0. The molecule has 2 aromatic carbocycles. The fourth-order valence-electron chi connectivity index (χ4n) is 4.53. The van der Waals surface area contributed by atoms with Crippen LogP contribution >= 0.6 is 12.2 Å². The minimum absolute atomic E-state index is 0.194. The number of ether oxygens (including phenoxy) is 1. The van der Waals surface area contributed by atoms with E-state index in [0.29, 0.717) is 36.8 Å². The van der Waals surface area contributed by atoms with Crippen LogP contribution in [0.2, 0.25) is 0 Å². The molecule has 0 aliphatic heterocycles. The highest BCUT2D eigenvalue weighted by Crippen LogP contribution is 2.31. The van der Waals surface area contributed by atoms with Crippen LogP contribution in [0.25, 0.3) is 11.1 Å². The second-order valence-electron chi connectivity index (χ2n) is 8.49. The molecule has 4 rings (SSSR count). The third-order valence-electron chi connectivity index (χ3n) is 6.27. The first-order chi connectivity index (χ1) is 16.7. The third kappa shape index (κ3) is 5.40. The first kappa shape index (κ1) is 24.9. The summed E-state index contributed by atoms with van der Waals surface area (Å²) in [6.07, 6.45) is -1.23. The van der Waals surface area contributed by atoms with Crippen molar-refractivity contribution in [2.24, 2.45) is 0 Å². The number of benzene rings is 2. The van der Waals surface area contributed by atoms with Crippen molar-refractivity contribution in [3.8, 4) is 11.1 Å². The Kier molecular flexibility index (Phi) is 7.25. The van der Waals surface area contributed by atoms with Crippen LogP contribution in [0.1, 0.15) is 48.2 Å². The molecular weight excluding hydrogens is 477 g/mol. The van der Waals surface area contributed by atoms with Crippen LogP contribution in [0.5, 0.6) is 0 Å². The third-order valence-corrected chi connectivity index (χ3v) is 6.57. The number of carbonyl (C=O) groups is 1. The number of nitrogens with one attached hydrogen (secondary N) is 1. The maximum Gasteiger partial charge on any atom is 0.416 e. The minimum atomic E-state index is -4.37. The van der Waals surface area contributed by atoms with Crippen LogP contribution in [0, 0.1) is 4.77 Å². The molecule has 0 saturated heterocycles. The predicted molar refractivity (Wildman–Crippen MR) is 129 cm³/mol. The molecule has 0 radical (unpaired) electrons. The minimum Gasteiger partial charge on any atom is -0.464 e. The lowest BCUT2D eigenvalue weighted by Gasteiger charge is -2.22. The first-order valence-corrected chi connectivity index (χ1v) is 11.9. The lowest BCUT2D eigenvalue weighted by Crippen LogP contribution is -2.29. The Morgan fingerprint density at radius 1 is 1.09 bits per heavy atom. The van der Waals surface area contributed by atoms with Crippen molar-refractivity contribution in [1.29, 1.82) is 0 Å². The summed E-state index contributed by atoms with van der Waals surface area (Å²) in [7, 11) is 0. The number of fused-ring (bicyclic) bond motifs is 1. The van der Waals surface area contributed by atoms with Crippen molar-refractivity contribution < 1.29 is 22.7 Å². The number of alkyl halides is 3. The van der Waals surface area contributed by atoms with E-state index in [9.17, 15) is 22.8 Å². The zero-order chi connectivity index (χ0) is 25.2. The zero-order valence-corrected chi connectivity index (χ0v) is 20.0. The Balaban J connectivity index is 1.55. The highest BCUT2D eigenvalue weighted by atomic mass is 32.1. The molecule has 0 spiro atoms. The summed E-state index contributed by atoms with van der Waals surface area (Å²) in [6, 6.07) is 11.9. The molecule has 1 unspecified atom stereocenters. The van der Waals surface area contributed by atoms with E-state index < -0.39 is 23.8 Å². The van der Waals surface area contributed by atoms with Crippen molar-refractivity contribution in [2.75, 3.05) is 6.61 Å². The van der Waals surface area contributed by atoms with Crippen LogP contribution in [-0.4, -0.2) is 22.1 Å². The first-order valence-electron chi connectivity index (χ1n) is 11.5. The molecule has 1 atom stereocenters. The lowest BCUT2D eigenvalue weighted by molar-refractivity contribution is -0.147. The lowest BCUT2D eigenvalue weighted by atomic mass is 9.99. The van der Waals surface area contributed by atoms with E-state index in [1.165, 1.54) is 12.1 Å². The Morgan fingerprint density at radius 3 is 2.31 bits per heavy atom. The van der Waals surface area contributed by atoms with Crippen molar-refractivity contribution >= 4 is 18.2 Å². The second kappa shape index (κ2) is 10.2. The van der Waals surface area contributed by atoms with Crippen molar-refractivity contribution in [2.45, 2.75) is 51.2 Å². The summed E-state index contributed by atoms with van der Waals surface area (Å²) in [5.74, 6) is -0.397. The van der Waals surface area contributed by atoms with Crippen LogP contribution in [0.4, 0.5) is 13.2 Å². The topological polar surface area (TPSA) is 64.1 Å². The summed E-state index contributed by atoms with van der Waals surface area (Å²) in [4.78, 5) is 27.9. The van der Waals surface area contributed by atoms with Crippen LogP contribution < -0.4 is 5.56 Å². The van der Waals surface area contributed by atoms with Crippen molar-refractivity contribution in [1.82, 2.24) is 9.55 Å². The molecule has 35 heavy (non-hydrogen) atoms. The van der Waals surface area contributed by atoms with E-state index in [1.54, 1.807) is 11.5 Å². The average molecular weight is 503 g/mol. The van der Waals surface area contributed by atoms with Gasteiger partial charge in [-0.25, -0.2) is 4.79 Å². The SMILES string of the molecule is CCOC(=O)C(CCc1ccc(-c2ccc(C(F)(F)F)cc2)cc1)n1c2c(c(=O)[nH]c1=S)CCC2. The van der Waals surface area contributed by atoms with Gasteiger partial charge in [-0.1, -0.05) is 36.4 Å². The predicted octanol–water partition coefficient (Wildman–Crippen LogP) is 5.82. The van der Waals surface area contributed by atoms with E-state index in [2.05, 4.69) is 4.98 Å². The molecule has 0 fully saturated rings. The van der Waals surface area contributed by atoms with Gasteiger partial charge in [0.1, 0.15) is 6.04 Å². The van der Waals surface area contributed by atoms with Gasteiger partial charge in [0.05, 0.1) is 12.2 Å². The normalized spacial score (nSPS) is 13.9. The van der Waals surface area contributed by atoms with Crippen molar-refractivity contribution in [3.05, 3.63) is 86.0 Å². The summed E-state index contributed by atoms with van der Waals surface area (Å²) >= 11 is 5.42. The number of halogens is 3. The largest absolute Gasteiger partial charge is 0.464 e.